The van der Waals surface area contributed by atoms with Crippen molar-refractivity contribution in [3.63, 3.8) is 0 Å². The number of rotatable bonds is 8. The Morgan fingerprint density at radius 3 is 2.43 bits per heavy atom. The molecule has 4 heterocycles. The van der Waals surface area contributed by atoms with Crippen LogP contribution in [-0.2, 0) is 10.7 Å². The number of nitrogens with zero attached hydrogens (tertiary/aromatic N) is 7. The summed E-state index contributed by atoms with van der Waals surface area (Å²) in [6, 6.07) is 15.8. The molecule has 1 aliphatic heterocycles. The minimum absolute atomic E-state index is 0.102. The Morgan fingerprint density at radius 1 is 0.857 bits per heavy atom. The van der Waals surface area contributed by atoms with Crippen molar-refractivity contribution in [2.45, 2.75) is 5.92 Å². The van der Waals surface area contributed by atoms with Crippen LogP contribution in [0.5, 0.6) is 0 Å². The number of benzene rings is 2. The van der Waals surface area contributed by atoms with Gasteiger partial charge in [0.25, 0.3) is 0 Å². The second-order valence-electron chi connectivity index (χ2n) is 9.52. The number of anilines is 3. The van der Waals surface area contributed by atoms with E-state index in [2.05, 4.69) is 35.3 Å². The van der Waals surface area contributed by atoms with Crippen molar-refractivity contribution in [3.8, 4) is 28.5 Å². The predicted molar refractivity (Wildman–Crippen MR) is 148 cm³/mol. The molecule has 0 amide bonds. The van der Waals surface area contributed by atoms with Gasteiger partial charge < -0.3 is 15.0 Å². The Hall–Kier alpha value is -4.91. The van der Waals surface area contributed by atoms with E-state index in [4.69, 9.17) is 4.74 Å². The number of pyridine rings is 1. The summed E-state index contributed by atoms with van der Waals surface area (Å²) < 4.78 is 61.6. The minimum atomic E-state index is -3.62. The van der Waals surface area contributed by atoms with E-state index >= 15 is 0 Å². The highest BCUT2D eigenvalue weighted by Gasteiger charge is 2.32. The number of ether oxygens (including phenoxy) is 1. The third-order valence-corrected chi connectivity index (χ3v) is 6.67. The van der Waals surface area contributed by atoms with E-state index in [1.807, 2.05) is 6.07 Å². The summed E-state index contributed by atoms with van der Waals surface area (Å²) in [6.07, 6.45) is 4.20. The first-order valence-electron chi connectivity index (χ1n) is 13.0. The van der Waals surface area contributed by atoms with Gasteiger partial charge in [0.05, 0.1) is 24.6 Å². The molecule has 9 nitrogen and oxygen atoms in total. The predicted octanol–water partition coefficient (Wildman–Crippen LogP) is 5.57. The standard InChI is InChI=1S/C29H24F4N8O/c30-17-29(32,33)20-5-7-34-26(15-20)27-36-18-41(39-27)23-3-1-22(2-4-23)37-28-35-8-6-25(38-28)19-13-21(31)16-24(14-19)40-9-11-42-12-10-40/h1-8,13-16,18H,9-12,17H2,(H,35,37,38). The second-order valence-corrected chi connectivity index (χ2v) is 9.52. The molecule has 0 spiro atoms. The normalized spacial score (nSPS) is 13.8. The van der Waals surface area contributed by atoms with Gasteiger partial charge in [-0.25, -0.2) is 28.4 Å². The largest absolute Gasteiger partial charge is 0.378 e. The molecule has 0 bridgehead atoms. The van der Waals surface area contributed by atoms with E-state index in [0.717, 1.165) is 17.8 Å². The number of hydrogen-bond acceptors (Lipinski definition) is 8. The van der Waals surface area contributed by atoms with Crippen LogP contribution < -0.4 is 10.2 Å². The molecular weight excluding hydrogens is 552 g/mol. The van der Waals surface area contributed by atoms with E-state index in [1.54, 1.807) is 36.5 Å². The van der Waals surface area contributed by atoms with Crippen LogP contribution in [0.15, 0.2) is 79.4 Å². The van der Waals surface area contributed by atoms with E-state index in [-0.39, 0.29) is 17.3 Å². The lowest BCUT2D eigenvalue weighted by atomic mass is 10.1. The number of halogens is 4. The van der Waals surface area contributed by atoms with Gasteiger partial charge in [-0.05, 0) is 60.7 Å². The summed E-state index contributed by atoms with van der Waals surface area (Å²) in [4.78, 5) is 19.1. The van der Waals surface area contributed by atoms with Gasteiger partial charge in [0.1, 0.15) is 17.8 Å². The SMILES string of the molecule is FCC(F)(F)c1ccnc(-c2ncn(-c3ccc(Nc4nccc(-c5cc(F)cc(N6CCOCC6)c5)n4)cc3)n2)c1. The first-order valence-corrected chi connectivity index (χ1v) is 13.0. The van der Waals surface area contributed by atoms with Crippen molar-refractivity contribution in [3.05, 3.63) is 90.8 Å². The molecule has 5 aromatic rings. The smallest absolute Gasteiger partial charge is 0.301 e. The van der Waals surface area contributed by atoms with Crippen LogP contribution in [0.25, 0.3) is 28.5 Å². The van der Waals surface area contributed by atoms with Crippen molar-refractivity contribution in [2.24, 2.45) is 0 Å². The van der Waals surface area contributed by atoms with E-state index in [1.165, 1.54) is 29.3 Å². The molecule has 0 saturated carbocycles. The molecule has 1 N–H and O–H groups in total. The van der Waals surface area contributed by atoms with Gasteiger partial charge >= 0.3 is 5.92 Å². The number of morpholine rings is 1. The molecule has 1 saturated heterocycles. The van der Waals surface area contributed by atoms with Gasteiger partial charge in [-0.15, -0.1) is 5.10 Å². The average Bonchev–Trinajstić information content (AvgIpc) is 3.52. The molecule has 214 valence electrons. The lowest BCUT2D eigenvalue weighted by molar-refractivity contribution is -0.0281. The fourth-order valence-corrected chi connectivity index (χ4v) is 4.49. The van der Waals surface area contributed by atoms with Gasteiger partial charge in [0.2, 0.25) is 5.95 Å². The molecule has 0 aliphatic carbocycles. The van der Waals surface area contributed by atoms with Crippen molar-refractivity contribution in [1.29, 1.82) is 0 Å². The minimum Gasteiger partial charge on any atom is -0.378 e. The molecule has 42 heavy (non-hydrogen) atoms. The Labute approximate surface area is 237 Å². The summed E-state index contributed by atoms with van der Waals surface area (Å²) >= 11 is 0. The summed E-state index contributed by atoms with van der Waals surface area (Å²) in [5.74, 6) is -3.52. The lowest BCUT2D eigenvalue weighted by Crippen LogP contribution is -2.36. The van der Waals surface area contributed by atoms with Crippen LogP contribution in [0.1, 0.15) is 5.56 Å². The summed E-state index contributed by atoms with van der Waals surface area (Å²) in [5.41, 5.74) is 2.91. The van der Waals surface area contributed by atoms with Crippen LogP contribution >= 0.6 is 0 Å². The molecule has 0 radical (unpaired) electrons. The first-order chi connectivity index (χ1) is 20.4. The third kappa shape index (κ3) is 5.91. The zero-order valence-electron chi connectivity index (χ0n) is 22.1. The Bertz CT molecular complexity index is 1690. The Kier molecular flexibility index (Phi) is 7.48. The maximum Gasteiger partial charge on any atom is 0.301 e. The Morgan fingerprint density at radius 2 is 1.64 bits per heavy atom. The van der Waals surface area contributed by atoms with E-state index < -0.39 is 18.2 Å². The van der Waals surface area contributed by atoms with Crippen LogP contribution in [0.4, 0.5) is 34.9 Å². The summed E-state index contributed by atoms with van der Waals surface area (Å²) in [6.45, 7) is 0.759. The molecule has 13 heteroatoms. The molecule has 3 aromatic heterocycles. The van der Waals surface area contributed by atoms with Crippen molar-refractivity contribution < 1.29 is 22.3 Å². The van der Waals surface area contributed by atoms with Crippen molar-refractivity contribution in [1.82, 2.24) is 29.7 Å². The van der Waals surface area contributed by atoms with Gasteiger partial charge in [-0.3, -0.25) is 4.98 Å². The molecule has 0 atom stereocenters. The molecule has 6 rings (SSSR count). The molecular formula is C29H24F4N8O. The van der Waals surface area contributed by atoms with Gasteiger partial charge in [0.15, 0.2) is 12.5 Å². The highest BCUT2D eigenvalue weighted by atomic mass is 19.3. The van der Waals surface area contributed by atoms with Crippen LogP contribution in [0, 0.1) is 5.82 Å². The summed E-state index contributed by atoms with van der Waals surface area (Å²) in [7, 11) is 0. The lowest BCUT2D eigenvalue weighted by Gasteiger charge is -2.29. The van der Waals surface area contributed by atoms with Gasteiger partial charge in [-0.1, -0.05) is 0 Å². The third-order valence-electron chi connectivity index (χ3n) is 6.67. The first kappa shape index (κ1) is 27.3. The number of aromatic nitrogens is 6. The molecule has 1 aliphatic rings. The maximum atomic E-state index is 14.5. The van der Waals surface area contributed by atoms with E-state index in [0.29, 0.717) is 54.9 Å². The van der Waals surface area contributed by atoms with Crippen molar-refractivity contribution in [2.75, 3.05) is 43.2 Å². The fourth-order valence-electron chi connectivity index (χ4n) is 4.49. The van der Waals surface area contributed by atoms with Gasteiger partial charge in [0, 0.05) is 48.0 Å². The number of alkyl halides is 3. The zero-order chi connectivity index (χ0) is 29.1. The fraction of sp³-hybridized carbons (Fsp3) is 0.207. The topological polar surface area (TPSA) is 93.9 Å². The monoisotopic (exact) mass is 576 g/mol. The average molecular weight is 577 g/mol. The number of hydrogen-bond donors (Lipinski definition) is 1. The van der Waals surface area contributed by atoms with Gasteiger partial charge in [-0.2, -0.15) is 8.78 Å². The van der Waals surface area contributed by atoms with E-state index in [9.17, 15) is 17.6 Å². The maximum absolute atomic E-state index is 14.5. The van der Waals surface area contributed by atoms with Crippen LogP contribution in [-0.4, -0.2) is 62.7 Å². The second kappa shape index (κ2) is 11.5. The highest BCUT2D eigenvalue weighted by Crippen LogP contribution is 2.30. The quantitative estimate of drug-likeness (QED) is 0.240. The van der Waals surface area contributed by atoms with Crippen LogP contribution in [0.2, 0.25) is 0 Å². The van der Waals surface area contributed by atoms with Crippen LogP contribution in [0.3, 0.4) is 0 Å². The highest BCUT2D eigenvalue weighted by molar-refractivity contribution is 5.67. The summed E-state index contributed by atoms with van der Waals surface area (Å²) in [5, 5.41) is 7.47. The molecule has 1 fully saturated rings. The van der Waals surface area contributed by atoms with Crippen molar-refractivity contribution >= 4 is 17.3 Å². The molecule has 0 unspecified atom stereocenters. The zero-order valence-corrected chi connectivity index (χ0v) is 22.1. The number of nitrogens with one attached hydrogen (secondary N) is 1. The molecule has 2 aromatic carbocycles. The Balaban J connectivity index is 1.17.